The lowest BCUT2D eigenvalue weighted by molar-refractivity contribution is 0.0421. The second kappa shape index (κ2) is 5.38. The van der Waals surface area contributed by atoms with Gasteiger partial charge in [0.1, 0.15) is 5.75 Å². The summed E-state index contributed by atoms with van der Waals surface area (Å²) in [4.78, 5) is 2.43. The van der Waals surface area contributed by atoms with Gasteiger partial charge in [-0.05, 0) is 69.6 Å². The first kappa shape index (κ1) is 13.9. The molecule has 0 unspecified atom stereocenters. The van der Waals surface area contributed by atoms with Crippen LogP contribution in [0, 0.1) is 0 Å². The topological polar surface area (TPSA) is 21.7 Å². The van der Waals surface area contributed by atoms with Gasteiger partial charge in [-0.15, -0.1) is 0 Å². The molecular weight excluding hydrogens is 250 g/mol. The maximum atomic E-state index is 6.00. The second-order valence-electron chi connectivity index (χ2n) is 6.18. The highest BCUT2D eigenvalue weighted by Gasteiger charge is 2.45. The van der Waals surface area contributed by atoms with Crippen molar-refractivity contribution in [2.24, 2.45) is 0 Å². The van der Waals surface area contributed by atoms with Crippen LogP contribution < -0.4 is 4.74 Å². The fraction of sp³-hybridized carbons (Fsp3) is 0.647. The van der Waals surface area contributed by atoms with Gasteiger partial charge in [-0.3, -0.25) is 0 Å². The molecule has 3 rings (SSSR count). The fourth-order valence-electron chi connectivity index (χ4n) is 3.85. The molecule has 0 radical (unpaired) electrons. The van der Waals surface area contributed by atoms with Gasteiger partial charge in [0.15, 0.2) is 0 Å². The molecule has 3 heteroatoms. The largest absolute Gasteiger partial charge is 0.497 e. The van der Waals surface area contributed by atoms with E-state index in [2.05, 4.69) is 37.1 Å². The number of hydrogen-bond donors (Lipinski definition) is 0. The van der Waals surface area contributed by atoms with Crippen LogP contribution in [0.2, 0.25) is 0 Å². The maximum absolute atomic E-state index is 6.00. The number of rotatable bonds is 3. The first-order valence-electron chi connectivity index (χ1n) is 7.67. The molecular formula is C17H25NO2. The molecule has 1 aromatic carbocycles. The van der Waals surface area contributed by atoms with Gasteiger partial charge in [0, 0.05) is 12.0 Å². The molecule has 1 aromatic rings. The Balaban J connectivity index is 1.98. The molecule has 2 aliphatic rings. The lowest BCUT2D eigenvalue weighted by Gasteiger charge is -2.38. The smallest absolute Gasteiger partial charge is 0.119 e. The Bertz CT molecular complexity index is 478. The summed E-state index contributed by atoms with van der Waals surface area (Å²) in [5.74, 6) is 0.971. The van der Waals surface area contributed by atoms with Crippen LogP contribution in [0.25, 0.3) is 0 Å². The standard InChI is InChI=1S/C17H25NO2/c1-4-20-16-12-17(7-9-18(2)10-8-17)15-11-13(19-3)5-6-14(15)16/h5-6,11,16H,4,7-10,12H2,1-3H3/t16-/m1/s1. The highest BCUT2D eigenvalue weighted by molar-refractivity contribution is 5.46. The highest BCUT2D eigenvalue weighted by atomic mass is 16.5. The van der Waals surface area contributed by atoms with Crippen molar-refractivity contribution in [2.75, 3.05) is 33.9 Å². The van der Waals surface area contributed by atoms with Crippen LogP contribution >= 0.6 is 0 Å². The van der Waals surface area contributed by atoms with E-state index in [1.165, 1.54) is 37.1 Å². The van der Waals surface area contributed by atoms with Crippen molar-refractivity contribution in [1.29, 1.82) is 0 Å². The minimum atomic E-state index is 0.268. The van der Waals surface area contributed by atoms with E-state index in [-0.39, 0.29) is 6.10 Å². The van der Waals surface area contributed by atoms with E-state index in [1.54, 1.807) is 7.11 Å². The van der Waals surface area contributed by atoms with Gasteiger partial charge < -0.3 is 14.4 Å². The zero-order valence-corrected chi connectivity index (χ0v) is 12.8. The van der Waals surface area contributed by atoms with Crippen LogP contribution in [-0.2, 0) is 10.2 Å². The van der Waals surface area contributed by atoms with E-state index in [1.807, 2.05) is 0 Å². The molecule has 1 heterocycles. The Hall–Kier alpha value is -1.06. The van der Waals surface area contributed by atoms with Gasteiger partial charge in [-0.25, -0.2) is 0 Å². The number of ether oxygens (including phenoxy) is 2. The predicted octanol–water partition coefficient (Wildman–Crippen LogP) is 3.14. The van der Waals surface area contributed by atoms with Gasteiger partial charge in [-0.1, -0.05) is 6.07 Å². The number of piperidine rings is 1. The number of benzene rings is 1. The van der Waals surface area contributed by atoms with Crippen LogP contribution in [-0.4, -0.2) is 38.8 Å². The SMILES string of the molecule is CCO[C@@H]1CC2(CCN(C)CC2)c2cc(OC)ccc21. The molecule has 1 aliphatic heterocycles. The van der Waals surface area contributed by atoms with Gasteiger partial charge in [0.25, 0.3) is 0 Å². The molecule has 110 valence electrons. The summed E-state index contributed by atoms with van der Waals surface area (Å²) in [5.41, 5.74) is 3.16. The fourth-order valence-corrected chi connectivity index (χ4v) is 3.85. The molecule has 0 N–H and O–H groups in total. The number of methoxy groups -OCH3 is 1. The summed E-state index contributed by atoms with van der Waals surface area (Å²) in [6.45, 7) is 5.22. The normalized spacial score (nSPS) is 24.9. The van der Waals surface area contributed by atoms with E-state index in [0.29, 0.717) is 5.41 Å². The van der Waals surface area contributed by atoms with Crippen LogP contribution in [0.5, 0.6) is 5.75 Å². The Morgan fingerprint density at radius 2 is 2.05 bits per heavy atom. The van der Waals surface area contributed by atoms with E-state index in [4.69, 9.17) is 9.47 Å². The molecule has 1 atom stereocenters. The number of likely N-dealkylation sites (tertiary alicyclic amines) is 1. The van der Waals surface area contributed by atoms with Crippen molar-refractivity contribution in [3.63, 3.8) is 0 Å². The highest BCUT2D eigenvalue weighted by Crippen LogP contribution is 2.52. The van der Waals surface area contributed by atoms with Gasteiger partial charge in [0.2, 0.25) is 0 Å². The van der Waals surface area contributed by atoms with Crippen molar-refractivity contribution in [3.05, 3.63) is 29.3 Å². The molecule has 0 saturated carbocycles. The van der Waals surface area contributed by atoms with Crippen molar-refractivity contribution >= 4 is 0 Å². The maximum Gasteiger partial charge on any atom is 0.119 e. The van der Waals surface area contributed by atoms with Gasteiger partial charge in [0.05, 0.1) is 13.2 Å². The van der Waals surface area contributed by atoms with E-state index in [9.17, 15) is 0 Å². The average Bonchev–Trinajstić information content (AvgIpc) is 2.77. The Morgan fingerprint density at radius 3 is 2.70 bits per heavy atom. The number of nitrogens with zero attached hydrogens (tertiary/aromatic N) is 1. The first-order chi connectivity index (χ1) is 9.68. The summed E-state index contributed by atoms with van der Waals surface area (Å²) in [5, 5.41) is 0. The van der Waals surface area contributed by atoms with Crippen molar-refractivity contribution in [2.45, 2.75) is 37.7 Å². The lowest BCUT2D eigenvalue weighted by atomic mass is 9.74. The van der Waals surface area contributed by atoms with E-state index < -0.39 is 0 Å². The predicted molar refractivity (Wildman–Crippen MR) is 80.4 cm³/mol. The number of fused-ring (bicyclic) bond motifs is 2. The zero-order valence-electron chi connectivity index (χ0n) is 12.8. The van der Waals surface area contributed by atoms with E-state index in [0.717, 1.165) is 18.8 Å². The summed E-state index contributed by atoms with van der Waals surface area (Å²) >= 11 is 0. The molecule has 1 aliphatic carbocycles. The van der Waals surface area contributed by atoms with E-state index >= 15 is 0 Å². The van der Waals surface area contributed by atoms with Crippen molar-refractivity contribution < 1.29 is 9.47 Å². The minimum absolute atomic E-state index is 0.268. The summed E-state index contributed by atoms with van der Waals surface area (Å²) in [6.07, 6.45) is 3.86. The van der Waals surface area contributed by atoms with Crippen LogP contribution in [0.15, 0.2) is 18.2 Å². The number of hydrogen-bond acceptors (Lipinski definition) is 3. The molecule has 1 saturated heterocycles. The first-order valence-corrected chi connectivity index (χ1v) is 7.67. The quantitative estimate of drug-likeness (QED) is 0.846. The Kier molecular flexibility index (Phi) is 3.74. The zero-order chi connectivity index (χ0) is 14.2. The molecule has 1 fully saturated rings. The third-order valence-electron chi connectivity index (χ3n) is 5.07. The minimum Gasteiger partial charge on any atom is -0.497 e. The second-order valence-corrected chi connectivity index (χ2v) is 6.18. The summed E-state index contributed by atoms with van der Waals surface area (Å²) < 4.78 is 11.4. The van der Waals surface area contributed by atoms with Gasteiger partial charge >= 0.3 is 0 Å². The third kappa shape index (κ3) is 2.23. The van der Waals surface area contributed by atoms with Crippen LogP contribution in [0.1, 0.15) is 43.4 Å². The summed E-state index contributed by atoms with van der Waals surface area (Å²) in [7, 11) is 3.96. The summed E-state index contributed by atoms with van der Waals surface area (Å²) in [6, 6.07) is 6.53. The molecule has 1 spiro atoms. The van der Waals surface area contributed by atoms with Crippen molar-refractivity contribution in [1.82, 2.24) is 4.90 Å². The van der Waals surface area contributed by atoms with Crippen molar-refractivity contribution in [3.8, 4) is 5.75 Å². The lowest BCUT2D eigenvalue weighted by Crippen LogP contribution is -2.39. The molecule has 0 amide bonds. The molecule has 3 nitrogen and oxygen atoms in total. The molecule has 20 heavy (non-hydrogen) atoms. The Morgan fingerprint density at radius 1 is 1.30 bits per heavy atom. The van der Waals surface area contributed by atoms with Crippen LogP contribution in [0.3, 0.4) is 0 Å². The van der Waals surface area contributed by atoms with Crippen LogP contribution in [0.4, 0.5) is 0 Å². The molecule has 0 aromatic heterocycles. The average molecular weight is 275 g/mol. The molecule has 0 bridgehead atoms. The third-order valence-corrected chi connectivity index (χ3v) is 5.07. The van der Waals surface area contributed by atoms with Gasteiger partial charge in [-0.2, -0.15) is 0 Å². The monoisotopic (exact) mass is 275 g/mol. The Labute approximate surface area is 121 Å².